The quantitative estimate of drug-likeness (QED) is 0.338. The maximum atomic E-state index is 9.93. The minimum atomic E-state index is -1.54. The van der Waals surface area contributed by atoms with Gasteiger partial charge in [-0.1, -0.05) is 0 Å². The van der Waals surface area contributed by atoms with E-state index >= 15 is 0 Å². The Labute approximate surface area is 57.4 Å². The average Bonchev–Trinajstić information content (AvgIpc) is 1.85. The van der Waals surface area contributed by atoms with E-state index in [4.69, 9.17) is 15.9 Å². The molecule has 0 heterocycles. The van der Waals surface area contributed by atoms with Crippen molar-refractivity contribution >= 4 is 6.09 Å². The molecule has 6 nitrogen and oxygen atoms in total. The van der Waals surface area contributed by atoms with Gasteiger partial charge in [-0.15, -0.1) is 0 Å². The van der Waals surface area contributed by atoms with Crippen molar-refractivity contribution in [2.75, 3.05) is 6.61 Å². The van der Waals surface area contributed by atoms with Gasteiger partial charge in [0.2, 0.25) is 6.29 Å². The number of hydrogen-bond acceptors (Lipinski definition) is 5. The molecule has 60 valence electrons. The Morgan fingerprint density at radius 3 is 2.50 bits per heavy atom. The van der Waals surface area contributed by atoms with Gasteiger partial charge in [0.25, 0.3) is 0 Å². The largest absolute Gasteiger partial charge is 0.418 e. The Morgan fingerprint density at radius 1 is 1.70 bits per heavy atom. The SMILES string of the molecule is NC(=O)OC(O)C(N)CO. The molecule has 0 aliphatic carbocycles. The van der Waals surface area contributed by atoms with Crippen LogP contribution in [0.1, 0.15) is 0 Å². The number of aliphatic hydroxyl groups is 2. The van der Waals surface area contributed by atoms with Crippen LogP contribution in [0.2, 0.25) is 0 Å². The van der Waals surface area contributed by atoms with Crippen molar-refractivity contribution in [2.45, 2.75) is 12.3 Å². The topological polar surface area (TPSA) is 119 Å². The van der Waals surface area contributed by atoms with E-state index in [2.05, 4.69) is 10.5 Å². The average molecular weight is 150 g/mol. The molecule has 2 atom stereocenters. The first-order valence-electron chi connectivity index (χ1n) is 2.58. The fourth-order valence-corrected chi connectivity index (χ4v) is 0.297. The molecule has 0 saturated carbocycles. The van der Waals surface area contributed by atoms with Gasteiger partial charge < -0.3 is 26.4 Å². The lowest BCUT2D eigenvalue weighted by atomic mass is 10.3. The Morgan fingerprint density at radius 2 is 2.20 bits per heavy atom. The van der Waals surface area contributed by atoms with Crippen molar-refractivity contribution in [2.24, 2.45) is 11.5 Å². The van der Waals surface area contributed by atoms with Crippen LogP contribution in [-0.4, -0.2) is 35.2 Å². The molecule has 10 heavy (non-hydrogen) atoms. The number of rotatable bonds is 3. The molecule has 0 aromatic carbocycles. The molecule has 6 N–H and O–H groups in total. The maximum Gasteiger partial charge on any atom is 0.406 e. The van der Waals surface area contributed by atoms with Gasteiger partial charge in [-0.05, 0) is 0 Å². The van der Waals surface area contributed by atoms with Crippen LogP contribution < -0.4 is 11.5 Å². The van der Waals surface area contributed by atoms with Crippen molar-refractivity contribution in [3.05, 3.63) is 0 Å². The molecule has 0 spiro atoms. The second-order valence-electron chi connectivity index (χ2n) is 1.67. The third-order valence-corrected chi connectivity index (χ3v) is 0.814. The monoisotopic (exact) mass is 150 g/mol. The minimum absolute atomic E-state index is 0.478. The summed E-state index contributed by atoms with van der Waals surface area (Å²) in [7, 11) is 0. The second-order valence-corrected chi connectivity index (χ2v) is 1.67. The fraction of sp³-hybridized carbons (Fsp3) is 0.750. The van der Waals surface area contributed by atoms with E-state index in [-0.39, 0.29) is 0 Å². The molecule has 0 aromatic rings. The molecule has 1 amide bonds. The van der Waals surface area contributed by atoms with E-state index in [0.29, 0.717) is 0 Å². The van der Waals surface area contributed by atoms with Crippen molar-refractivity contribution < 1.29 is 19.7 Å². The summed E-state index contributed by atoms with van der Waals surface area (Å²) in [5.41, 5.74) is 9.56. The highest BCUT2D eigenvalue weighted by molar-refractivity contribution is 5.64. The summed E-state index contributed by atoms with van der Waals surface area (Å²) in [6.45, 7) is -0.478. The van der Waals surface area contributed by atoms with E-state index in [9.17, 15) is 4.79 Å². The normalized spacial score (nSPS) is 15.9. The molecule has 0 rings (SSSR count). The van der Waals surface area contributed by atoms with Crippen molar-refractivity contribution in [1.29, 1.82) is 0 Å². The molecule has 0 fully saturated rings. The highest BCUT2D eigenvalue weighted by Gasteiger charge is 2.16. The molecule has 0 saturated heterocycles. The number of carbonyl (C=O) groups is 1. The van der Waals surface area contributed by atoms with Gasteiger partial charge in [0.05, 0.1) is 12.6 Å². The van der Waals surface area contributed by atoms with Gasteiger partial charge in [0, 0.05) is 0 Å². The summed E-state index contributed by atoms with van der Waals surface area (Å²) < 4.78 is 4.01. The Kier molecular flexibility index (Phi) is 3.70. The molecule has 0 aliphatic heterocycles. The summed E-state index contributed by atoms with van der Waals surface area (Å²) >= 11 is 0. The van der Waals surface area contributed by atoms with Gasteiger partial charge in [0.15, 0.2) is 0 Å². The van der Waals surface area contributed by atoms with Crippen molar-refractivity contribution in [3.63, 3.8) is 0 Å². The predicted octanol–water partition coefficient (Wildman–Crippen LogP) is -2.28. The highest BCUT2D eigenvalue weighted by atomic mass is 16.6. The van der Waals surface area contributed by atoms with Crippen LogP contribution >= 0.6 is 0 Å². The number of hydrogen-bond donors (Lipinski definition) is 4. The van der Waals surface area contributed by atoms with Crippen LogP contribution in [0.5, 0.6) is 0 Å². The Bertz CT molecular complexity index is 118. The smallest absolute Gasteiger partial charge is 0.406 e. The first-order valence-corrected chi connectivity index (χ1v) is 2.58. The first-order chi connectivity index (χ1) is 4.57. The molecule has 0 aromatic heterocycles. The first kappa shape index (κ1) is 9.15. The van der Waals surface area contributed by atoms with Gasteiger partial charge in [-0.25, -0.2) is 4.79 Å². The standard InChI is InChI=1S/C4H10N2O4/c5-2(1-7)3(8)10-4(6)9/h2-3,7-8H,1,5H2,(H2,6,9). The molecule has 0 radical (unpaired) electrons. The summed E-state index contributed by atoms with van der Waals surface area (Å²) in [5.74, 6) is 0. The number of primary amides is 1. The zero-order valence-corrected chi connectivity index (χ0v) is 5.23. The number of carbonyl (C=O) groups excluding carboxylic acids is 1. The van der Waals surface area contributed by atoms with Crippen LogP contribution in [0.4, 0.5) is 4.79 Å². The number of aliphatic hydroxyl groups excluding tert-OH is 2. The van der Waals surface area contributed by atoms with Gasteiger partial charge in [-0.2, -0.15) is 0 Å². The molecule has 6 heteroatoms. The summed E-state index contributed by atoms with van der Waals surface area (Å²) in [5, 5.41) is 17.0. The molecule has 0 bridgehead atoms. The second kappa shape index (κ2) is 4.04. The number of ether oxygens (including phenoxy) is 1. The van der Waals surface area contributed by atoms with Crippen molar-refractivity contribution in [3.8, 4) is 0 Å². The molecular weight excluding hydrogens is 140 g/mol. The van der Waals surface area contributed by atoms with E-state index < -0.39 is 25.0 Å². The molecular formula is C4H10N2O4. The lowest BCUT2D eigenvalue weighted by Crippen LogP contribution is -2.41. The lowest BCUT2D eigenvalue weighted by molar-refractivity contribution is -0.0734. The molecule has 2 unspecified atom stereocenters. The highest BCUT2D eigenvalue weighted by Crippen LogP contribution is 1.90. The summed E-state index contributed by atoms with van der Waals surface area (Å²) in [4.78, 5) is 9.93. The lowest BCUT2D eigenvalue weighted by Gasteiger charge is -2.14. The van der Waals surface area contributed by atoms with Crippen LogP contribution in [0.25, 0.3) is 0 Å². The van der Waals surface area contributed by atoms with Gasteiger partial charge in [-0.3, -0.25) is 0 Å². The molecule has 0 aliphatic rings. The van der Waals surface area contributed by atoms with Crippen molar-refractivity contribution in [1.82, 2.24) is 0 Å². The van der Waals surface area contributed by atoms with E-state index in [1.807, 2.05) is 0 Å². The zero-order chi connectivity index (χ0) is 8.15. The van der Waals surface area contributed by atoms with Crippen LogP contribution in [-0.2, 0) is 4.74 Å². The zero-order valence-electron chi connectivity index (χ0n) is 5.23. The van der Waals surface area contributed by atoms with Crippen LogP contribution in [0.3, 0.4) is 0 Å². The van der Waals surface area contributed by atoms with E-state index in [0.717, 1.165) is 0 Å². The van der Waals surface area contributed by atoms with Gasteiger partial charge >= 0.3 is 6.09 Å². The third kappa shape index (κ3) is 3.23. The van der Waals surface area contributed by atoms with Crippen LogP contribution in [0, 0.1) is 0 Å². The predicted molar refractivity (Wildman–Crippen MR) is 31.7 cm³/mol. The van der Waals surface area contributed by atoms with E-state index in [1.165, 1.54) is 0 Å². The Balaban J connectivity index is 3.61. The third-order valence-electron chi connectivity index (χ3n) is 0.814. The maximum absolute atomic E-state index is 9.93. The van der Waals surface area contributed by atoms with Gasteiger partial charge in [0.1, 0.15) is 0 Å². The fourth-order valence-electron chi connectivity index (χ4n) is 0.297. The Hall–Kier alpha value is -0.850. The number of nitrogens with two attached hydrogens (primary N) is 2. The van der Waals surface area contributed by atoms with E-state index in [1.54, 1.807) is 0 Å². The minimum Gasteiger partial charge on any atom is -0.418 e. The van der Waals surface area contributed by atoms with Crippen LogP contribution in [0.15, 0.2) is 0 Å². The summed E-state index contributed by atoms with van der Waals surface area (Å²) in [6, 6.07) is -1.01. The summed E-state index contributed by atoms with van der Waals surface area (Å²) in [6.07, 6.45) is -2.67. The number of amides is 1.